The highest BCUT2D eigenvalue weighted by Gasteiger charge is 2.31. The van der Waals surface area contributed by atoms with Gasteiger partial charge in [-0.25, -0.2) is 0 Å². The van der Waals surface area contributed by atoms with Crippen molar-refractivity contribution in [2.45, 2.75) is 58.7 Å². The van der Waals surface area contributed by atoms with Gasteiger partial charge in [0, 0.05) is 18.8 Å². The number of aliphatic carboxylic acids is 1. The number of aromatic nitrogens is 2. The normalized spacial score (nSPS) is 14.7. The fourth-order valence-corrected chi connectivity index (χ4v) is 1.82. The van der Waals surface area contributed by atoms with E-state index in [0.717, 1.165) is 12.1 Å². The first-order valence-corrected chi connectivity index (χ1v) is 6.41. The van der Waals surface area contributed by atoms with Crippen molar-refractivity contribution in [1.29, 1.82) is 0 Å². The topological polar surface area (TPSA) is 67.2 Å². The lowest BCUT2D eigenvalue weighted by atomic mass is 9.96. The van der Waals surface area contributed by atoms with Gasteiger partial charge >= 0.3 is 5.97 Å². The second-order valence-corrected chi connectivity index (χ2v) is 5.12. The van der Waals surface area contributed by atoms with Crippen LogP contribution in [0.25, 0.3) is 0 Å². The monoisotopic (exact) mass is 253 g/mol. The predicted molar refractivity (Wildman–Crippen MR) is 70.4 cm³/mol. The van der Waals surface area contributed by atoms with E-state index in [9.17, 15) is 9.90 Å². The van der Waals surface area contributed by atoms with Gasteiger partial charge in [0.25, 0.3) is 0 Å². The molecule has 0 spiro atoms. The van der Waals surface area contributed by atoms with Crippen molar-refractivity contribution < 1.29 is 9.90 Å². The van der Waals surface area contributed by atoms with Crippen LogP contribution >= 0.6 is 0 Å². The quantitative estimate of drug-likeness (QED) is 0.781. The fraction of sp³-hybridized carbons (Fsp3) is 0.692. The molecule has 5 nitrogen and oxygen atoms in total. The molecule has 1 aromatic heterocycles. The summed E-state index contributed by atoms with van der Waals surface area (Å²) in [5.41, 5.74) is -0.0108. The standard InChI is InChI=1S/C13H23N3O2/c1-5-7-13(4,12(17)18)14-9-11-6-8-16(15-11)10(2)3/h6,8,10,14H,5,7,9H2,1-4H3,(H,17,18). The van der Waals surface area contributed by atoms with Crippen LogP contribution in [0.1, 0.15) is 52.3 Å². The van der Waals surface area contributed by atoms with E-state index in [0.29, 0.717) is 19.0 Å². The van der Waals surface area contributed by atoms with Crippen LogP contribution in [0.3, 0.4) is 0 Å². The van der Waals surface area contributed by atoms with Crippen molar-refractivity contribution in [1.82, 2.24) is 15.1 Å². The molecule has 0 aliphatic heterocycles. The van der Waals surface area contributed by atoms with Gasteiger partial charge in [0.1, 0.15) is 5.54 Å². The molecule has 102 valence electrons. The minimum atomic E-state index is -0.879. The third-order valence-electron chi connectivity index (χ3n) is 3.07. The Morgan fingerprint density at radius 1 is 1.61 bits per heavy atom. The summed E-state index contributed by atoms with van der Waals surface area (Å²) in [6, 6.07) is 2.24. The molecule has 1 unspecified atom stereocenters. The van der Waals surface area contributed by atoms with E-state index in [1.54, 1.807) is 6.92 Å². The third-order valence-corrected chi connectivity index (χ3v) is 3.07. The number of hydrogen-bond acceptors (Lipinski definition) is 3. The van der Waals surface area contributed by atoms with Crippen molar-refractivity contribution in [3.8, 4) is 0 Å². The number of nitrogens with zero attached hydrogens (tertiary/aromatic N) is 2. The number of rotatable bonds is 7. The Labute approximate surface area is 108 Å². The van der Waals surface area contributed by atoms with E-state index < -0.39 is 11.5 Å². The summed E-state index contributed by atoms with van der Waals surface area (Å²) in [6.07, 6.45) is 3.35. The number of carbonyl (C=O) groups is 1. The molecule has 5 heteroatoms. The Balaban J connectivity index is 2.64. The molecule has 1 rings (SSSR count). The molecule has 2 N–H and O–H groups in total. The van der Waals surface area contributed by atoms with Crippen LogP contribution in [0.4, 0.5) is 0 Å². The molecule has 1 atom stereocenters. The number of carboxylic acids is 1. The van der Waals surface area contributed by atoms with Crippen LogP contribution < -0.4 is 5.32 Å². The SMILES string of the molecule is CCCC(C)(NCc1ccn(C(C)C)n1)C(=O)O. The Kier molecular flexibility index (Phi) is 4.90. The van der Waals surface area contributed by atoms with E-state index >= 15 is 0 Å². The van der Waals surface area contributed by atoms with Crippen molar-refractivity contribution in [2.24, 2.45) is 0 Å². The van der Waals surface area contributed by atoms with Gasteiger partial charge in [-0.15, -0.1) is 0 Å². The largest absolute Gasteiger partial charge is 0.480 e. The first-order valence-electron chi connectivity index (χ1n) is 6.41. The summed E-state index contributed by atoms with van der Waals surface area (Å²) >= 11 is 0. The Bertz CT molecular complexity index is 401. The molecule has 0 saturated heterocycles. The van der Waals surface area contributed by atoms with Gasteiger partial charge in [-0.1, -0.05) is 13.3 Å². The third kappa shape index (κ3) is 3.57. The van der Waals surface area contributed by atoms with E-state index in [1.165, 1.54) is 0 Å². The number of nitrogens with one attached hydrogen (secondary N) is 1. The lowest BCUT2D eigenvalue weighted by Crippen LogP contribution is -2.49. The molecule has 0 saturated carbocycles. The van der Waals surface area contributed by atoms with Gasteiger partial charge in [0.05, 0.1) is 5.69 Å². The maximum Gasteiger partial charge on any atom is 0.323 e. The Morgan fingerprint density at radius 3 is 2.72 bits per heavy atom. The van der Waals surface area contributed by atoms with Crippen molar-refractivity contribution in [2.75, 3.05) is 0 Å². The lowest BCUT2D eigenvalue weighted by Gasteiger charge is -2.25. The molecule has 0 aromatic carbocycles. The highest BCUT2D eigenvalue weighted by molar-refractivity contribution is 5.78. The molecular formula is C13H23N3O2. The van der Waals surface area contributed by atoms with Crippen molar-refractivity contribution in [3.05, 3.63) is 18.0 Å². The smallest absolute Gasteiger partial charge is 0.323 e. The van der Waals surface area contributed by atoms with Gasteiger partial charge in [-0.3, -0.25) is 14.8 Å². The summed E-state index contributed by atoms with van der Waals surface area (Å²) in [7, 11) is 0. The molecule has 0 fully saturated rings. The molecule has 0 aliphatic rings. The van der Waals surface area contributed by atoms with E-state index in [-0.39, 0.29) is 0 Å². The van der Waals surface area contributed by atoms with Crippen LogP contribution in [0.5, 0.6) is 0 Å². The Morgan fingerprint density at radius 2 is 2.28 bits per heavy atom. The molecule has 0 aliphatic carbocycles. The van der Waals surface area contributed by atoms with Gasteiger partial charge in [-0.05, 0) is 33.3 Å². The molecular weight excluding hydrogens is 230 g/mol. The zero-order valence-corrected chi connectivity index (χ0v) is 11.6. The molecule has 0 amide bonds. The molecule has 18 heavy (non-hydrogen) atoms. The highest BCUT2D eigenvalue weighted by Crippen LogP contribution is 2.14. The van der Waals surface area contributed by atoms with Crippen molar-refractivity contribution >= 4 is 5.97 Å². The van der Waals surface area contributed by atoms with Crippen LogP contribution in [-0.4, -0.2) is 26.4 Å². The van der Waals surface area contributed by atoms with Crippen molar-refractivity contribution in [3.63, 3.8) is 0 Å². The minimum Gasteiger partial charge on any atom is -0.480 e. The van der Waals surface area contributed by atoms with Gasteiger partial charge in [0.2, 0.25) is 0 Å². The van der Waals surface area contributed by atoms with Crippen LogP contribution in [0.15, 0.2) is 12.3 Å². The summed E-state index contributed by atoms with van der Waals surface area (Å²) in [5.74, 6) is -0.812. The maximum atomic E-state index is 11.3. The first-order chi connectivity index (χ1) is 8.39. The summed E-state index contributed by atoms with van der Waals surface area (Å²) in [6.45, 7) is 8.29. The van der Waals surface area contributed by atoms with Gasteiger partial charge < -0.3 is 5.11 Å². The fourth-order valence-electron chi connectivity index (χ4n) is 1.82. The van der Waals surface area contributed by atoms with E-state index in [4.69, 9.17) is 0 Å². The summed E-state index contributed by atoms with van der Waals surface area (Å²) in [4.78, 5) is 11.3. The first kappa shape index (κ1) is 14.7. The maximum absolute atomic E-state index is 11.3. The van der Waals surface area contributed by atoms with Gasteiger partial charge in [-0.2, -0.15) is 5.10 Å². The van der Waals surface area contributed by atoms with Gasteiger partial charge in [0.15, 0.2) is 0 Å². The zero-order valence-electron chi connectivity index (χ0n) is 11.6. The van der Waals surface area contributed by atoms with Crippen LogP contribution in [0, 0.1) is 0 Å². The predicted octanol–water partition coefficient (Wildman–Crippen LogP) is 2.20. The average Bonchev–Trinajstić information content (AvgIpc) is 2.75. The number of hydrogen-bond donors (Lipinski definition) is 2. The lowest BCUT2D eigenvalue weighted by molar-refractivity contribution is -0.144. The van der Waals surface area contributed by atoms with E-state index in [1.807, 2.05) is 23.9 Å². The second-order valence-electron chi connectivity index (χ2n) is 5.12. The molecule has 1 heterocycles. The highest BCUT2D eigenvalue weighted by atomic mass is 16.4. The molecule has 0 radical (unpaired) electrons. The number of carboxylic acid groups (broad SMARTS) is 1. The average molecular weight is 253 g/mol. The second kappa shape index (κ2) is 6.00. The summed E-state index contributed by atoms with van der Waals surface area (Å²) in [5, 5.41) is 16.7. The summed E-state index contributed by atoms with van der Waals surface area (Å²) < 4.78 is 1.87. The molecule has 0 bridgehead atoms. The zero-order chi connectivity index (χ0) is 13.8. The van der Waals surface area contributed by atoms with Crippen LogP contribution in [0.2, 0.25) is 0 Å². The Hall–Kier alpha value is -1.36. The van der Waals surface area contributed by atoms with Crippen LogP contribution in [-0.2, 0) is 11.3 Å². The minimum absolute atomic E-state index is 0.320. The molecule has 1 aromatic rings. The van der Waals surface area contributed by atoms with E-state index in [2.05, 4.69) is 24.3 Å².